The number of carbonyl (C=O) groups is 2. The Morgan fingerprint density at radius 2 is 1.48 bits per heavy atom. The number of ketones is 1. The van der Waals surface area contributed by atoms with Gasteiger partial charge in [0.25, 0.3) is 0 Å². The van der Waals surface area contributed by atoms with Crippen molar-refractivity contribution in [3.63, 3.8) is 0 Å². The summed E-state index contributed by atoms with van der Waals surface area (Å²) in [6.07, 6.45) is 15.6. The number of esters is 1. The van der Waals surface area contributed by atoms with Crippen molar-refractivity contribution < 1.29 is 14.3 Å². The molecule has 1 fully saturated rings. The molecule has 3 nitrogen and oxygen atoms in total. The second-order valence-electron chi connectivity index (χ2n) is 7.12. The summed E-state index contributed by atoms with van der Waals surface area (Å²) in [4.78, 5) is 23.1. The summed E-state index contributed by atoms with van der Waals surface area (Å²) in [6.45, 7) is 2.24. The second kappa shape index (κ2) is 12.5. The van der Waals surface area contributed by atoms with E-state index in [0.717, 1.165) is 44.4 Å². The summed E-state index contributed by atoms with van der Waals surface area (Å²) in [7, 11) is 1.44. The maximum absolute atomic E-state index is 12.1. The fourth-order valence-electron chi connectivity index (χ4n) is 3.36. The van der Waals surface area contributed by atoms with Gasteiger partial charge in [-0.25, -0.2) is 0 Å². The average Bonchev–Trinajstić information content (AvgIpc) is 3.33. The van der Waals surface area contributed by atoms with Crippen LogP contribution in [0.3, 0.4) is 0 Å². The zero-order valence-corrected chi connectivity index (χ0v) is 15.3. The number of rotatable bonds is 15. The fraction of sp³-hybridized carbons (Fsp3) is 0.900. The summed E-state index contributed by atoms with van der Waals surface area (Å²) < 4.78 is 4.62. The summed E-state index contributed by atoms with van der Waals surface area (Å²) in [6, 6.07) is 0. The molecule has 0 unspecified atom stereocenters. The fourth-order valence-corrected chi connectivity index (χ4v) is 3.36. The van der Waals surface area contributed by atoms with Crippen LogP contribution in [0.25, 0.3) is 0 Å². The highest BCUT2D eigenvalue weighted by molar-refractivity contribution is 5.83. The third-order valence-electron chi connectivity index (χ3n) is 5.05. The zero-order chi connectivity index (χ0) is 16.9. The highest BCUT2D eigenvalue weighted by Gasteiger charge is 2.40. The molecule has 0 aromatic rings. The van der Waals surface area contributed by atoms with E-state index in [2.05, 4.69) is 11.7 Å². The van der Waals surface area contributed by atoms with E-state index in [0.29, 0.717) is 18.1 Å². The molecule has 1 rings (SSSR count). The molecule has 0 bridgehead atoms. The van der Waals surface area contributed by atoms with Crippen molar-refractivity contribution in [1.29, 1.82) is 0 Å². The van der Waals surface area contributed by atoms with Crippen LogP contribution < -0.4 is 0 Å². The van der Waals surface area contributed by atoms with Gasteiger partial charge in [0.2, 0.25) is 0 Å². The maximum atomic E-state index is 12.1. The van der Waals surface area contributed by atoms with Crippen molar-refractivity contribution in [2.75, 3.05) is 7.11 Å². The van der Waals surface area contributed by atoms with E-state index in [1.165, 1.54) is 52.1 Å². The molecule has 23 heavy (non-hydrogen) atoms. The quantitative estimate of drug-likeness (QED) is 0.297. The van der Waals surface area contributed by atoms with Crippen molar-refractivity contribution in [2.45, 2.75) is 96.8 Å². The number of hydrogen-bond acceptors (Lipinski definition) is 3. The summed E-state index contributed by atoms with van der Waals surface area (Å²) in [5.74, 6) is 1.55. The third kappa shape index (κ3) is 9.78. The van der Waals surface area contributed by atoms with E-state index in [1.807, 2.05) is 0 Å². The van der Waals surface area contributed by atoms with Gasteiger partial charge in [0.05, 0.1) is 7.11 Å². The lowest BCUT2D eigenvalue weighted by Crippen LogP contribution is -2.02. The van der Waals surface area contributed by atoms with Crippen LogP contribution in [0, 0.1) is 11.8 Å². The van der Waals surface area contributed by atoms with Gasteiger partial charge in [0.15, 0.2) is 0 Å². The average molecular weight is 325 g/mol. The Morgan fingerprint density at radius 3 is 2.13 bits per heavy atom. The van der Waals surface area contributed by atoms with Gasteiger partial charge in [0.1, 0.15) is 5.78 Å². The van der Waals surface area contributed by atoms with E-state index in [1.54, 1.807) is 0 Å². The number of carbonyl (C=O) groups excluding carboxylic acids is 2. The molecule has 1 aliphatic carbocycles. The largest absolute Gasteiger partial charge is 0.469 e. The van der Waals surface area contributed by atoms with Gasteiger partial charge in [-0.3, -0.25) is 9.59 Å². The highest BCUT2D eigenvalue weighted by atomic mass is 16.5. The highest BCUT2D eigenvalue weighted by Crippen LogP contribution is 2.44. The maximum Gasteiger partial charge on any atom is 0.305 e. The molecule has 1 aliphatic rings. The van der Waals surface area contributed by atoms with Crippen LogP contribution in [0.5, 0.6) is 0 Å². The van der Waals surface area contributed by atoms with E-state index >= 15 is 0 Å². The Labute approximate surface area is 142 Å². The van der Waals surface area contributed by atoms with E-state index in [9.17, 15) is 9.59 Å². The first kappa shape index (κ1) is 20.2. The van der Waals surface area contributed by atoms with Crippen molar-refractivity contribution >= 4 is 11.8 Å². The van der Waals surface area contributed by atoms with Gasteiger partial charge >= 0.3 is 5.97 Å². The summed E-state index contributed by atoms with van der Waals surface area (Å²) >= 11 is 0. The third-order valence-corrected chi connectivity index (χ3v) is 5.05. The van der Waals surface area contributed by atoms with Gasteiger partial charge in [-0.2, -0.15) is 0 Å². The first-order valence-corrected chi connectivity index (χ1v) is 9.78. The molecular formula is C20H36O3. The predicted molar refractivity (Wildman–Crippen MR) is 94.3 cm³/mol. The second-order valence-corrected chi connectivity index (χ2v) is 7.12. The smallest absolute Gasteiger partial charge is 0.305 e. The number of ether oxygens (including phenoxy) is 1. The van der Waals surface area contributed by atoms with Crippen LogP contribution in [0.2, 0.25) is 0 Å². The molecule has 2 atom stereocenters. The number of hydrogen-bond donors (Lipinski definition) is 0. The van der Waals surface area contributed by atoms with Crippen LogP contribution in [0.15, 0.2) is 0 Å². The molecule has 0 aromatic carbocycles. The van der Waals surface area contributed by atoms with Crippen LogP contribution in [0.4, 0.5) is 0 Å². The van der Waals surface area contributed by atoms with Crippen molar-refractivity contribution in [3.8, 4) is 0 Å². The molecule has 0 aromatic heterocycles. The molecule has 0 heterocycles. The number of Topliss-reactive ketones (excluding diaryl/α,β-unsaturated/α-hetero) is 1. The first-order valence-electron chi connectivity index (χ1n) is 9.78. The Kier molecular flexibility index (Phi) is 11.0. The lowest BCUT2D eigenvalue weighted by atomic mass is 10.0. The van der Waals surface area contributed by atoms with Gasteiger partial charge < -0.3 is 4.74 Å². The van der Waals surface area contributed by atoms with E-state index in [-0.39, 0.29) is 5.97 Å². The van der Waals surface area contributed by atoms with Gasteiger partial charge in [0, 0.05) is 18.8 Å². The Hall–Kier alpha value is -0.860. The molecule has 0 spiro atoms. The van der Waals surface area contributed by atoms with Crippen molar-refractivity contribution in [3.05, 3.63) is 0 Å². The molecule has 0 saturated heterocycles. The lowest BCUT2D eigenvalue weighted by Gasteiger charge is -2.03. The first-order chi connectivity index (χ1) is 11.2. The van der Waals surface area contributed by atoms with Gasteiger partial charge in [-0.1, -0.05) is 58.3 Å². The monoisotopic (exact) mass is 324 g/mol. The normalized spacial score (nSPS) is 19.6. The zero-order valence-electron chi connectivity index (χ0n) is 15.3. The molecular weight excluding hydrogens is 288 g/mol. The molecule has 0 radical (unpaired) electrons. The summed E-state index contributed by atoms with van der Waals surface area (Å²) in [5, 5.41) is 0. The van der Waals surface area contributed by atoms with E-state index < -0.39 is 0 Å². The molecule has 3 heteroatoms. The Morgan fingerprint density at radius 1 is 0.870 bits per heavy atom. The molecule has 134 valence electrons. The topological polar surface area (TPSA) is 43.4 Å². The van der Waals surface area contributed by atoms with Crippen LogP contribution >= 0.6 is 0 Å². The Bertz CT molecular complexity index is 338. The van der Waals surface area contributed by atoms with Crippen LogP contribution in [-0.2, 0) is 14.3 Å². The van der Waals surface area contributed by atoms with Gasteiger partial charge in [-0.05, 0) is 31.6 Å². The van der Waals surface area contributed by atoms with Crippen molar-refractivity contribution in [1.82, 2.24) is 0 Å². The predicted octanol–water partition coefficient (Wildman–Crippen LogP) is 5.46. The van der Waals surface area contributed by atoms with Gasteiger partial charge in [-0.15, -0.1) is 0 Å². The molecule has 0 amide bonds. The summed E-state index contributed by atoms with van der Waals surface area (Å²) in [5.41, 5.74) is 0. The minimum absolute atomic E-state index is 0.107. The minimum Gasteiger partial charge on any atom is -0.469 e. The minimum atomic E-state index is -0.107. The molecule has 0 aliphatic heterocycles. The lowest BCUT2D eigenvalue weighted by molar-refractivity contribution is -0.140. The Balaban J connectivity index is 1.87. The van der Waals surface area contributed by atoms with Crippen LogP contribution in [-0.4, -0.2) is 18.9 Å². The van der Waals surface area contributed by atoms with Crippen LogP contribution in [0.1, 0.15) is 96.8 Å². The molecule has 1 saturated carbocycles. The number of methoxy groups -OCH3 is 1. The van der Waals surface area contributed by atoms with Crippen molar-refractivity contribution in [2.24, 2.45) is 11.8 Å². The number of unbranched alkanes of at least 4 members (excludes halogenated alkanes) is 8. The van der Waals surface area contributed by atoms with E-state index in [4.69, 9.17) is 0 Å². The SMILES string of the molecule is CCCCCC[C@H]1C[C@H]1C(=O)CCCCCCCCC(=O)OC. The molecule has 0 N–H and O–H groups in total. The standard InChI is InChI=1S/C20H36O3/c1-3-4-5-10-13-17-16-18(17)19(21)14-11-8-6-7-9-12-15-20(22)23-2/h17-18H,3-16H2,1-2H3/t17-,18+/m0/s1.